The van der Waals surface area contributed by atoms with Crippen LogP contribution in [-0.4, -0.2) is 37.2 Å². The van der Waals surface area contributed by atoms with Gasteiger partial charge in [0.1, 0.15) is 11.4 Å². The molecule has 0 aromatic heterocycles. The molecule has 128 valence electrons. The molecule has 0 fully saturated rings. The Hall–Kier alpha value is -2.15. The van der Waals surface area contributed by atoms with E-state index >= 15 is 0 Å². The molecule has 0 radical (unpaired) electrons. The van der Waals surface area contributed by atoms with Crippen LogP contribution in [0.2, 0.25) is 0 Å². The zero-order valence-corrected chi connectivity index (χ0v) is 13.9. The smallest absolute Gasteiger partial charge is 0.407 e. The summed E-state index contributed by atoms with van der Waals surface area (Å²) in [6.07, 6.45) is -0.240. The molecule has 0 saturated heterocycles. The van der Waals surface area contributed by atoms with E-state index in [-0.39, 0.29) is 12.1 Å². The number of benzene rings is 1. The van der Waals surface area contributed by atoms with E-state index in [2.05, 4.69) is 10.6 Å². The summed E-state index contributed by atoms with van der Waals surface area (Å²) in [6.45, 7) is 5.46. The maximum absolute atomic E-state index is 13.9. The van der Waals surface area contributed by atoms with E-state index in [1.165, 1.54) is 19.2 Å². The van der Waals surface area contributed by atoms with Crippen LogP contribution >= 0.6 is 0 Å². The van der Waals surface area contributed by atoms with Crippen molar-refractivity contribution in [2.75, 3.05) is 13.6 Å². The number of rotatable bonds is 5. The molecule has 2 amide bonds. The number of nitrogens with one attached hydrogen (secondary N) is 2. The highest BCUT2D eigenvalue weighted by molar-refractivity contribution is 5.94. The molecule has 1 unspecified atom stereocenters. The lowest BCUT2D eigenvalue weighted by molar-refractivity contribution is 0.0506. The first-order chi connectivity index (χ1) is 10.7. The fraction of sp³-hybridized carbons (Fsp3) is 0.500. The van der Waals surface area contributed by atoms with Gasteiger partial charge < -0.3 is 21.1 Å². The van der Waals surface area contributed by atoms with Crippen molar-refractivity contribution >= 4 is 12.0 Å². The van der Waals surface area contributed by atoms with Gasteiger partial charge in [0, 0.05) is 19.6 Å². The van der Waals surface area contributed by atoms with Gasteiger partial charge in [-0.25, -0.2) is 9.18 Å². The largest absolute Gasteiger partial charge is 0.444 e. The van der Waals surface area contributed by atoms with Crippen LogP contribution in [-0.2, 0) is 11.2 Å². The van der Waals surface area contributed by atoms with E-state index in [0.29, 0.717) is 12.0 Å². The second-order valence-corrected chi connectivity index (χ2v) is 6.18. The molecule has 1 rings (SSSR count). The molecule has 0 aliphatic carbocycles. The Kier molecular flexibility index (Phi) is 6.50. The van der Waals surface area contributed by atoms with E-state index in [9.17, 15) is 14.0 Å². The van der Waals surface area contributed by atoms with E-state index in [0.717, 1.165) is 0 Å². The van der Waals surface area contributed by atoms with Crippen LogP contribution in [0.1, 0.15) is 36.7 Å². The van der Waals surface area contributed by atoms with E-state index in [4.69, 9.17) is 10.5 Å². The standard InChI is InChI=1S/C16H24FN3O3/c1-16(2,3)23-15(22)20-11(9-18)7-10-5-6-12(13(17)8-10)14(21)19-4/h5-6,8,11H,7,9,18H2,1-4H3,(H,19,21)(H,20,22). The second-order valence-electron chi connectivity index (χ2n) is 6.18. The van der Waals surface area contributed by atoms with E-state index < -0.39 is 29.5 Å². The minimum absolute atomic E-state index is 0.0272. The average molecular weight is 325 g/mol. The lowest BCUT2D eigenvalue weighted by atomic mass is 10.0. The first-order valence-electron chi connectivity index (χ1n) is 7.36. The fourth-order valence-electron chi connectivity index (χ4n) is 1.96. The molecule has 0 heterocycles. The maximum Gasteiger partial charge on any atom is 0.407 e. The van der Waals surface area contributed by atoms with Crippen LogP contribution in [0.3, 0.4) is 0 Å². The van der Waals surface area contributed by atoms with Crippen LogP contribution in [0, 0.1) is 5.82 Å². The van der Waals surface area contributed by atoms with Crippen LogP contribution in [0.15, 0.2) is 18.2 Å². The molecule has 1 aromatic carbocycles. The first kappa shape index (κ1) is 18.9. The van der Waals surface area contributed by atoms with Gasteiger partial charge in [-0.05, 0) is 44.9 Å². The molecule has 0 aliphatic rings. The zero-order chi connectivity index (χ0) is 17.6. The van der Waals surface area contributed by atoms with E-state index in [1.807, 2.05) is 0 Å². The molecular formula is C16H24FN3O3. The molecular weight excluding hydrogens is 301 g/mol. The maximum atomic E-state index is 13.9. The summed E-state index contributed by atoms with van der Waals surface area (Å²) in [4.78, 5) is 23.2. The van der Waals surface area contributed by atoms with Crippen molar-refractivity contribution in [3.8, 4) is 0 Å². The van der Waals surface area contributed by atoms with Crippen LogP contribution < -0.4 is 16.4 Å². The number of alkyl carbamates (subject to hydrolysis) is 1. The first-order valence-corrected chi connectivity index (χ1v) is 7.36. The topological polar surface area (TPSA) is 93.5 Å². The lowest BCUT2D eigenvalue weighted by Crippen LogP contribution is -2.44. The van der Waals surface area contributed by atoms with Gasteiger partial charge in [-0.15, -0.1) is 0 Å². The van der Waals surface area contributed by atoms with Gasteiger partial charge in [0.15, 0.2) is 0 Å². The Bertz CT molecular complexity index is 570. The molecule has 0 aliphatic heterocycles. The number of carbonyl (C=O) groups is 2. The summed E-state index contributed by atoms with van der Waals surface area (Å²) >= 11 is 0. The van der Waals surface area contributed by atoms with Gasteiger partial charge in [0.05, 0.1) is 5.56 Å². The highest BCUT2D eigenvalue weighted by Crippen LogP contribution is 2.13. The highest BCUT2D eigenvalue weighted by Gasteiger charge is 2.19. The summed E-state index contributed by atoms with van der Waals surface area (Å²) in [7, 11) is 1.44. The van der Waals surface area contributed by atoms with Crippen molar-refractivity contribution in [1.29, 1.82) is 0 Å². The third-order valence-corrected chi connectivity index (χ3v) is 2.99. The lowest BCUT2D eigenvalue weighted by Gasteiger charge is -2.23. The minimum Gasteiger partial charge on any atom is -0.444 e. The quantitative estimate of drug-likeness (QED) is 0.766. The van der Waals surface area contributed by atoms with Crippen LogP contribution in [0.5, 0.6) is 0 Å². The van der Waals surface area contributed by atoms with Gasteiger partial charge in [0.25, 0.3) is 5.91 Å². The number of hydrogen-bond donors (Lipinski definition) is 3. The van der Waals surface area contributed by atoms with Gasteiger partial charge >= 0.3 is 6.09 Å². The Morgan fingerprint density at radius 2 is 2.00 bits per heavy atom. The summed E-state index contributed by atoms with van der Waals surface area (Å²) in [5, 5.41) is 5.02. The van der Waals surface area contributed by atoms with Gasteiger partial charge in [-0.1, -0.05) is 6.07 Å². The fourth-order valence-corrected chi connectivity index (χ4v) is 1.96. The SMILES string of the molecule is CNC(=O)c1ccc(CC(CN)NC(=O)OC(C)(C)C)cc1F. The third-order valence-electron chi connectivity index (χ3n) is 2.99. The average Bonchev–Trinajstić information content (AvgIpc) is 2.44. The molecule has 0 spiro atoms. The molecule has 6 nitrogen and oxygen atoms in total. The van der Waals surface area contributed by atoms with Gasteiger partial charge in [-0.2, -0.15) is 0 Å². The van der Waals surface area contributed by atoms with Crippen molar-refractivity contribution in [3.63, 3.8) is 0 Å². The molecule has 0 saturated carbocycles. The minimum atomic E-state index is -0.616. The molecule has 0 bridgehead atoms. The Labute approximate surface area is 135 Å². The Morgan fingerprint density at radius 3 is 2.48 bits per heavy atom. The Balaban J connectivity index is 2.74. The summed E-state index contributed by atoms with van der Waals surface area (Å²) in [5.74, 6) is -1.11. The monoisotopic (exact) mass is 325 g/mol. The molecule has 23 heavy (non-hydrogen) atoms. The van der Waals surface area contributed by atoms with Crippen LogP contribution in [0.25, 0.3) is 0 Å². The Morgan fingerprint density at radius 1 is 1.35 bits per heavy atom. The second kappa shape index (κ2) is 7.92. The number of hydrogen-bond acceptors (Lipinski definition) is 4. The normalized spacial score (nSPS) is 12.4. The highest BCUT2D eigenvalue weighted by atomic mass is 19.1. The summed E-state index contributed by atoms with van der Waals surface area (Å²) in [5.41, 5.74) is 5.63. The number of halogens is 1. The van der Waals surface area contributed by atoms with E-state index in [1.54, 1.807) is 26.8 Å². The number of amides is 2. The molecule has 1 atom stereocenters. The van der Waals surface area contributed by atoms with Crippen molar-refractivity contribution in [3.05, 3.63) is 35.1 Å². The third kappa shape index (κ3) is 6.23. The van der Waals surface area contributed by atoms with Gasteiger partial charge in [-0.3, -0.25) is 4.79 Å². The van der Waals surface area contributed by atoms with Gasteiger partial charge in [0.2, 0.25) is 0 Å². The summed E-state index contributed by atoms with van der Waals surface area (Å²) in [6, 6.07) is 3.91. The molecule has 4 N–H and O–H groups in total. The molecule has 7 heteroatoms. The zero-order valence-electron chi connectivity index (χ0n) is 13.9. The predicted octanol–water partition coefficient (Wildman–Crippen LogP) is 1.58. The predicted molar refractivity (Wildman–Crippen MR) is 85.7 cm³/mol. The van der Waals surface area contributed by atoms with Crippen LogP contribution in [0.4, 0.5) is 9.18 Å². The van der Waals surface area contributed by atoms with Crippen molar-refractivity contribution in [2.45, 2.75) is 38.8 Å². The number of carbonyl (C=O) groups excluding carboxylic acids is 2. The summed E-state index contributed by atoms with van der Waals surface area (Å²) < 4.78 is 19.1. The van der Waals surface area contributed by atoms with Crippen molar-refractivity contribution in [1.82, 2.24) is 10.6 Å². The van der Waals surface area contributed by atoms with Crippen molar-refractivity contribution < 1.29 is 18.7 Å². The number of ether oxygens (including phenoxy) is 1. The molecule has 1 aromatic rings. The van der Waals surface area contributed by atoms with Crippen molar-refractivity contribution in [2.24, 2.45) is 5.73 Å². The number of nitrogens with two attached hydrogens (primary N) is 1.